The molecule has 0 spiro atoms. The molecule has 1 aliphatic rings. The van der Waals surface area contributed by atoms with Gasteiger partial charge in [0.05, 0.1) is 0 Å². The normalized spacial score (nSPS) is 15.5. The van der Waals surface area contributed by atoms with E-state index < -0.39 is 5.91 Å². The highest BCUT2D eigenvalue weighted by Gasteiger charge is 2.29. The van der Waals surface area contributed by atoms with Crippen LogP contribution in [-0.2, 0) is 0 Å². The minimum absolute atomic E-state index is 0.154. The average Bonchev–Trinajstić information content (AvgIpc) is 3.44. The van der Waals surface area contributed by atoms with E-state index in [2.05, 4.69) is 20.6 Å². The van der Waals surface area contributed by atoms with Gasteiger partial charge in [-0.05, 0) is 48.9 Å². The lowest BCUT2D eigenvalue weighted by Gasteiger charge is -2.17. The first-order chi connectivity index (χ1) is 15.0. The Labute approximate surface area is 178 Å². The maximum atomic E-state index is 12.7. The number of carbonyl (C=O) groups excluding carboxylic acids is 3. The van der Waals surface area contributed by atoms with E-state index in [1.807, 2.05) is 24.3 Å². The fraction of sp³-hybridized carbons (Fsp3) is 0.182. The third-order valence-electron chi connectivity index (χ3n) is 5.09. The number of likely N-dealkylation sites (tertiary alicyclic amines) is 1. The number of aromatic amines is 1. The summed E-state index contributed by atoms with van der Waals surface area (Å²) < 4.78 is 0. The van der Waals surface area contributed by atoms with Crippen molar-refractivity contribution in [3.63, 3.8) is 0 Å². The Bertz CT molecular complexity index is 1110. The van der Waals surface area contributed by atoms with E-state index in [1.54, 1.807) is 29.4 Å². The van der Waals surface area contributed by atoms with Crippen molar-refractivity contribution in [2.24, 2.45) is 5.73 Å². The maximum absolute atomic E-state index is 12.7. The summed E-state index contributed by atoms with van der Waals surface area (Å²) in [6, 6.07) is 13.8. The molecule has 3 amide bonds. The Kier molecular flexibility index (Phi) is 5.65. The van der Waals surface area contributed by atoms with E-state index >= 15 is 0 Å². The SMILES string of the molecule is NC(=O)c1ccc(C(=O)N2CC[C@@H](NC(=O)c3cccc(Nc4ccncc4)c3)C2)[nH]1. The molecule has 2 aromatic heterocycles. The number of nitrogens with two attached hydrogens (primary N) is 1. The lowest BCUT2D eigenvalue weighted by Crippen LogP contribution is -2.38. The number of nitrogens with zero attached hydrogens (tertiary/aromatic N) is 2. The monoisotopic (exact) mass is 418 g/mol. The minimum atomic E-state index is -0.619. The topological polar surface area (TPSA) is 133 Å². The summed E-state index contributed by atoms with van der Waals surface area (Å²) in [4.78, 5) is 44.9. The molecule has 1 aromatic carbocycles. The maximum Gasteiger partial charge on any atom is 0.270 e. The highest BCUT2D eigenvalue weighted by atomic mass is 16.2. The number of hydrogen-bond donors (Lipinski definition) is 4. The van der Waals surface area contributed by atoms with Gasteiger partial charge in [-0.3, -0.25) is 19.4 Å². The van der Waals surface area contributed by atoms with Crippen LogP contribution in [-0.4, -0.2) is 51.7 Å². The Morgan fingerprint density at radius 1 is 1.03 bits per heavy atom. The van der Waals surface area contributed by atoms with Crippen LogP contribution >= 0.6 is 0 Å². The molecule has 31 heavy (non-hydrogen) atoms. The second-order valence-electron chi connectivity index (χ2n) is 7.30. The Morgan fingerprint density at radius 3 is 2.55 bits per heavy atom. The molecule has 1 aliphatic heterocycles. The molecule has 0 bridgehead atoms. The van der Waals surface area contributed by atoms with Gasteiger partial charge < -0.3 is 26.3 Å². The summed E-state index contributed by atoms with van der Waals surface area (Å²) >= 11 is 0. The van der Waals surface area contributed by atoms with Crippen LogP contribution in [0.15, 0.2) is 60.9 Å². The number of rotatable bonds is 6. The van der Waals surface area contributed by atoms with Crippen molar-refractivity contribution < 1.29 is 14.4 Å². The number of pyridine rings is 1. The Balaban J connectivity index is 1.35. The molecule has 9 heteroatoms. The number of amides is 3. The predicted octanol–water partition coefficient (Wildman–Crippen LogP) is 1.90. The largest absolute Gasteiger partial charge is 0.364 e. The molecule has 0 aliphatic carbocycles. The number of aromatic nitrogens is 2. The van der Waals surface area contributed by atoms with Crippen molar-refractivity contribution >= 4 is 29.1 Å². The number of H-pyrrole nitrogens is 1. The molecular formula is C22H22N6O3. The number of hydrogen-bond acceptors (Lipinski definition) is 5. The highest BCUT2D eigenvalue weighted by molar-refractivity contribution is 5.97. The summed E-state index contributed by atoms with van der Waals surface area (Å²) in [7, 11) is 0. The van der Waals surface area contributed by atoms with E-state index in [0.717, 1.165) is 11.4 Å². The molecule has 1 atom stereocenters. The zero-order valence-electron chi connectivity index (χ0n) is 16.7. The molecule has 0 unspecified atom stereocenters. The van der Waals surface area contributed by atoms with Crippen molar-refractivity contribution in [1.29, 1.82) is 0 Å². The number of primary amides is 1. The molecule has 0 saturated carbocycles. The highest BCUT2D eigenvalue weighted by Crippen LogP contribution is 2.18. The van der Waals surface area contributed by atoms with Crippen molar-refractivity contribution in [1.82, 2.24) is 20.2 Å². The van der Waals surface area contributed by atoms with E-state index in [1.165, 1.54) is 12.1 Å². The van der Waals surface area contributed by atoms with Gasteiger partial charge in [-0.1, -0.05) is 6.07 Å². The molecule has 3 aromatic rings. The van der Waals surface area contributed by atoms with Gasteiger partial charge in [0, 0.05) is 48.5 Å². The predicted molar refractivity (Wildman–Crippen MR) is 115 cm³/mol. The van der Waals surface area contributed by atoms with E-state index in [0.29, 0.717) is 30.8 Å². The van der Waals surface area contributed by atoms with Gasteiger partial charge in [0.25, 0.3) is 17.7 Å². The molecule has 158 valence electrons. The second kappa shape index (κ2) is 8.70. The third kappa shape index (κ3) is 4.72. The lowest BCUT2D eigenvalue weighted by molar-refractivity contribution is 0.0778. The van der Waals surface area contributed by atoms with Crippen LogP contribution in [0.3, 0.4) is 0 Å². The first-order valence-electron chi connectivity index (χ1n) is 9.85. The van der Waals surface area contributed by atoms with E-state index in [4.69, 9.17) is 5.73 Å². The molecule has 5 N–H and O–H groups in total. The fourth-order valence-corrected chi connectivity index (χ4v) is 3.51. The van der Waals surface area contributed by atoms with Gasteiger partial charge >= 0.3 is 0 Å². The summed E-state index contributed by atoms with van der Waals surface area (Å²) in [5, 5.41) is 6.22. The van der Waals surface area contributed by atoms with Gasteiger partial charge in [0.15, 0.2) is 0 Å². The second-order valence-corrected chi connectivity index (χ2v) is 7.30. The molecule has 0 radical (unpaired) electrons. The Hall–Kier alpha value is -4.14. The van der Waals surface area contributed by atoms with Gasteiger partial charge in [0.1, 0.15) is 11.4 Å². The van der Waals surface area contributed by atoms with Crippen LogP contribution in [0.5, 0.6) is 0 Å². The minimum Gasteiger partial charge on any atom is -0.364 e. The number of benzene rings is 1. The van der Waals surface area contributed by atoms with E-state index in [-0.39, 0.29) is 23.6 Å². The molecule has 9 nitrogen and oxygen atoms in total. The zero-order valence-corrected chi connectivity index (χ0v) is 16.7. The summed E-state index contributed by atoms with van der Waals surface area (Å²) in [5.41, 5.74) is 7.90. The number of anilines is 2. The quantitative estimate of drug-likeness (QED) is 0.485. The zero-order chi connectivity index (χ0) is 21.8. The van der Waals surface area contributed by atoms with Crippen molar-refractivity contribution in [2.75, 3.05) is 18.4 Å². The first kappa shape index (κ1) is 20.1. The smallest absolute Gasteiger partial charge is 0.270 e. The number of nitrogens with one attached hydrogen (secondary N) is 3. The standard InChI is InChI=1S/C22H22N6O3/c23-20(29)18-4-5-19(27-18)22(31)28-11-8-17(13-28)26-21(30)14-2-1-3-16(12-14)25-15-6-9-24-10-7-15/h1-7,9-10,12,17,27H,8,11,13H2,(H2,23,29)(H,24,25)(H,26,30)/t17-/m1/s1. The molecule has 3 heterocycles. The van der Waals surface area contributed by atoms with Crippen molar-refractivity contribution in [3.05, 3.63) is 77.9 Å². The van der Waals surface area contributed by atoms with Crippen molar-refractivity contribution in [3.8, 4) is 0 Å². The average molecular weight is 418 g/mol. The molecule has 1 saturated heterocycles. The molecule has 4 rings (SSSR count). The molecule has 1 fully saturated rings. The van der Waals surface area contributed by atoms with Gasteiger partial charge in [-0.15, -0.1) is 0 Å². The summed E-state index contributed by atoms with van der Waals surface area (Å²) in [6.07, 6.45) is 4.03. The third-order valence-corrected chi connectivity index (χ3v) is 5.09. The van der Waals surface area contributed by atoms with Crippen LogP contribution in [0, 0.1) is 0 Å². The van der Waals surface area contributed by atoms with Crippen LogP contribution < -0.4 is 16.4 Å². The van der Waals surface area contributed by atoms with Crippen LogP contribution in [0.2, 0.25) is 0 Å². The summed E-state index contributed by atoms with van der Waals surface area (Å²) in [5.74, 6) is -1.05. The van der Waals surface area contributed by atoms with Crippen LogP contribution in [0.25, 0.3) is 0 Å². The van der Waals surface area contributed by atoms with Crippen molar-refractivity contribution in [2.45, 2.75) is 12.5 Å². The lowest BCUT2D eigenvalue weighted by atomic mass is 10.1. The number of carbonyl (C=O) groups is 3. The first-order valence-corrected chi connectivity index (χ1v) is 9.85. The van der Waals surface area contributed by atoms with Gasteiger partial charge in [-0.25, -0.2) is 0 Å². The van der Waals surface area contributed by atoms with Gasteiger partial charge in [-0.2, -0.15) is 0 Å². The van der Waals surface area contributed by atoms with Gasteiger partial charge in [0.2, 0.25) is 0 Å². The van der Waals surface area contributed by atoms with Crippen LogP contribution in [0.4, 0.5) is 11.4 Å². The fourth-order valence-electron chi connectivity index (χ4n) is 3.51. The summed E-state index contributed by atoms with van der Waals surface area (Å²) in [6.45, 7) is 0.906. The Morgan fingerprint density at radius 2 is 1.81 bits per heavy atom. The molecular weight excluding hydrogens is 396 g/mol. The van der Waals surface area contributed by atoms with E-state index in [9.17, 15) is 14.4 Å². The van der Waals surface area contributed by atoms with Crippen LogP contribution in [0.1, 0.15) is 37.8 Å².